The van der Waals surface area contributed by atoms with Crippen LogP contribution in [0.25, 0.3) is 33.3 Å². The van der Waals surface area contributed by atoms with Crippen LogP contribution < -0.4 is 26.3 Å². The van der Waals surface area contributed by atoms with E-state index in [0.29, 0.717) is 11.5 Å². The molecule has 0 unspecified atom stereocenters. The number of hydrogen-bond acceptors (Lipinski definition) is 4. The topological polar surface area (TPSA) is 55.3 Å². The molecule has 0 fully saturated rings. The summed E-state index contributed by atoms with van der Waals surface area (Å²) >= 11 is 0. The van der Waals surface area contributed by atoms with Crippen molar-refractivity contribution in [2.75, 3.05) is 4.90 Å². The summed E-state index contributed by atoms with van der Waals surface area (Å²) in [7, 11) is 0. The normalized spacial score (nSPS) is 13.3. The summed E-state index contributed by atoms with van der Waals surface area (Å²) in [6.07, 6.45) is -0.405. The molecule has 6 aromatic rings. The van der Waals surface area contributed by atoms with E-state index in [1.54, 1.807) is 4.90 Å². The number of nitrogens with zero attached hydrogens (tertiary/aromatic N) is 3. The maximum Gasteiger partial charge on any atom is 0.424 e. The zero-order valence-electron chi connectivity index (χ0n) is 20.8. The fourth-order valence-corrected chi connectivity index (χ4v) is 5.84. The van der Waals surface area contributed by atoms with Gasteiger partial charge in [0.15, 0.2) is 0 Å². The SMILES string of the molecule is O=C1Oc2cccc3ccc4c(c23)N1c1ccccc1B4c1nc(-c2ccccc2)cc(-c2ccccc2)n1. The van der Waals surface area contributed by atoms with Gasteiger partial charge in [0, 0.05) is 22.2 Å². The summed E-state index contributed by atoms with van der Waals surface area (Å²) in [5.41, 5.74) is 8.02. The third kappa shape index (κ3) is 3.31. The fraction of sp³-hybridized carbons (Fsp3) is 0. The average molecular weight is 501 g/mol. The van der Waals surface area contributed by atoms with Crippen LogP contribution in [0.5, 0.6) is 5.75 Å². The second-order valence-electron chi connectivity index (χ2n) is 9.78. The number of amides is 1. The number of ether oxygens (including phenoxy) is 1. The van der Waals surface area contributed by atoms with E-state index in [2.05, 4.69) is 48.5 Å². The largest absolute Gasteiger partial charge is 0.424 e. The van der Waals surface area contributed by atoms with Gasteiger partial charge in [0.05, 0.1) is 17.1 Å². The number of hydrogen-bond donors (Lipinski definition) is 0. The molecule has 1 aromatic heterocycles. The van der Waals surface area contributed by atoms with Gasteiger partial charge in [0.25, 0.3) is 6.71 Å². The fourth-order valence-electron chi connectivity index (χ4n) is 5.84. The third-order valence-electron chi connectivity index (χ3n) is 7.56. The van der Waals surface area contributed by atoms with E-state index in [1.807, 2.05) is 72.8 Å². The highest BCUT2D eigenvalue weighted by Gasteiger charge is 2.43. The second kappa shape index (κ2) is 8.40. The van der Waals surface area contributed by atoms with Crippen LogP contribution >= 0.6 is 0 Å². The van der Waals surface area contributed by atoms with Gasteiger partial charge in [-0.15, -0.1) is 0 Å². The van der Waals surface area contributed by atoms with E-state index < -0.39 is 6.09 Å². The lowest BCUT2D eigenvalue weighted by Gasteiger charge is -2.37. The van der Waals surface area contributed by atoms with E-state index in [1.165, 1.54) is 0 Å². The molecular weight excluding hydrogens is 481 g/mol. The van der Waals surface area contributed by atoms with Gasteiger partial charge in [-0.1, -0.05) is 103 Å². The number of carbonyl (C=O) groups excluding carboxylic acids is 1. The Morgan fingerprint density at radius 1 is 0.641 bits per heavy atom. The predicted molar refractivity (Wildman–Crippen MR) is 156 cm³/mol. The van der Waals surface area contributed by atoms with Crippen LogP contribution in [0.2, 0.25) is 0 Å². The molecule has 39 heavy (non-hydrogen) atoms. The van der Waals surface area contributed by atoms with Gasteiger partial charge >= 0.3 is 6.09 Å². The summed E-state index contributed by atoms with van der Waals surface area (Å²) in [5.74, 6) is 0.577. The minimum absolute atomic E-state index is 0.276. The highest BCUT2D eigenvalue weighted by atomic mass is 16.6. The maximum atomic E-state index is 13.4. The molecule has 5 nitrogen and oxygen atoms in total. The highest BCUT2D eigenvalue weighted by Crippen LogP contribution is 2.42. The lowest BCUT2D eigenvalue weighted by atomic mass is 9.37. The quantitative estimate of drug-likeness (QED) is 0.303. The van der Waals surface area contributed by atoms with Crippen LogP contribution in [0.3, 0.4) is 0 Å². The number of fused-ring (bicyclic) bond motifs is 2. The van der Waals surface area contributed by atoms with Crippen LogP contribution in [0, 0.1) is 0 Å². The molecule has 5 aromatic carbocycles. The Balaban J connectivity index is 1.45. The zero-order chi connectivity index (χ0) is 25.9. The Labute approximate surface area is 225 Å². The molecular formula is C33H20BN3O2. The number of carbonyl (C=O) groups is 1. The van der Waals surface area contributed by atoms with Gasteiger partial charge < -0.3 is 4.74 Å². The van der Waals surface area contributed by atoms with Crippen molar-refractivity contribution < 1.29 is 9.53 Å². The van der Waals surface area contributed by atoms with Gasteiger partial charge in [0.2, 0.25) is 0 Å². The van der Waals surface area contributed by atoms with E-state index in [-0.39, 0.29) is 6.71 Å². The van der Waals surface area contributed by atoms with Crippen LogP contribution in [0.15, 0.2) is 121 Å². The summed E-state index contributed by atoms with van der Waals surface area (Å²) in [5, 5.41) is 1.95. The van der Waals surface area contributed by atoms with E-state index in [4.69, 9.17) is 14.7 Å². The van der Waals surface area contributed by atoms with E-state index in [9.17, 15) is 4.79 Å². The van der Waals surface area contributed by atoms with Gasteiger partial charge in [0.1, 0.15) is 11.5 Å². The van der Waals surface area contributed by atoms with Gasteiger partial charge in [-0.25, -0.2) is 19.7 Å². The first-order valence-electron chi connectivity index (χ1n) is 12.9. The molecule has 6 heteroatoms. The molecule has 0 saturated heterocycles. The third-order valence-corrected chi connectivity index (χ3v) is 7.56. The monoisotopic (exact) mass is 501 g/mol. The maximum absolute atomic E-state index is 13.4. The van der Waals surface area contributed by atoms with Gasteiger partial charge in [-0.2, -0.15) is 0 Å². The Hall–Kier alpha value is -5.23. The summed E-state index contributed by atoms with van der Waals surface area (Å²) in [6, 6.07) is 40.4. The Kier molecular flexibility index (Phi) is 4.70. The molecule has 0 bridgehead atoms. The standard InChI is InChI=1S/C33H20BN3O2/c38-33-37-28-16-8-7-15-24(28)34(25-19-18-23-14-9-17-29(39-33)30(23)31(25)37)32-35-26(21-10-3-1-4-11-21)20-27(36-32)22-12-5-2-6-13-22/h1-20H. The summed E-state index contributed by atoms with van der Waals surface area (Å²) in [6.45, 7) is -0.276. The van der Waals surface area contributed by atoms with Crippen molar-refractivity contribution >= 4 is 51.6 Å². The molecule has 0 spiro atoms. The van der Waals surface area contributed by atoms with E-state index in [0.717, 1.165) is 55.6 Å². The molecule has 1 amide bonds. The zero-order valence-corrected chi connectivity index (χ0v) is 20.8. The van der Waals surface area contributed by atoms with Gasteiger partial charge in [-0.3, -0.25) is 0 Å². The van der Waals surface area contributed by atoms with Crippen LogP contribution in [-0.2, 0) is 0 Å². The van der Waals surface area contributed by atoms with Crippen molar-refractivity contribution in [2.45, 2.75) is 0 Å². The minimum atomic E-state index is -0.405. The molecule has 0 N–H and O–H groups in total. The lowest BCUT2D eigenvalue weighted by molar-refractivity contribution is 0.210. The molecule has 0 saturated carbocycles. The van der Waals surface area contributed by atoms with E-state index >= 15 is 0 Å². The minimum Gasteiger partial charge on any atom is -0.409 e. The van der Waals surface area contributed by atoms with Crippen LogP contribution in [-0.4, -0.2) is 22.8 Å². The molecule has 0 aliphatic carbocycles. The average Bonchev–Trinajstić information content (AvgIpc) is 3.00. The molecule has 3 heterocycles. The predicted octanol–water partition coefficient (Wildman–Crippen LogP) is 5.44. The van der Waals surface area contributed by atoms with Crippen molar-refractivity contribution in [1.29, 1.82) is 0 Å². The highest BCUT2D eigenvalue weighted by molar-refractivity contribution is 6.97. The van der Waals surface area contributed by atoms with Crippen molar-refractivity contribution in [3.05, 3.63) is 121 Å². The van der Waals surface area contributed by atoms with Crippen LogP contribution in [0.1, 0.15) is 0 Å². The van der Waals surface area contributed by atoms with Crippen LogP contribution in [0.4, 0.5) is 16.2 Å². The second-order valence-corrected chi connectivity index (χ2v) is 9.78. The number of benzene rings is 5. The first-order valence-corrected chi connectivity index (χ1v) is 12.9. The number of aromatic nitrogens is 2. The smallest absolute Gasteiger partial charge is 0.409 e. The first kappa shape index (κ1) is 21.8. The molecule has 2 aliphatic heterocycles. The van der Waals surface area contributed by atoms with Crippen molar-refractivity contribution in [3.63, 3.8) is 0 Å². The molecule has 182 valence electrons. The number of rotatable bonds is 3. The molecule has 8 rings (SSSR count). The Morgan fingerprint density at radius 2 is 1.31 bits per heavy atom. The lowest BCUT2D eigenvalue weighted by Crippen LogP contribution is -2.61. The van der Waals surface area contributed by atoms with Crippen molar-refractivity contribution in [2.24, 2.45) is 0 Å². The van der Waals surface area contributed by atoms with Crippen molar-refractivity contribution in [3.8, 4) is 28.3 Å². The summed E-state index contributed by atoms with van der Waals surface area (Å²) < 4.78 is 5.80. The molecule has 0 atom stereocenters. The summed E-state index contributed by atoms with van der Waals surface area (Å²) in [4.78, 5) is 25.4. The Bertz CT molecular complexity index is 1870. The van der Waals surface area contributed by atoms with Crippen molar-refractivity contribution in [1.82, 2.24) is 9.97 Å². The number of anilines is 2. The first-order chi connectivity index (χ1) is 19.3. The van der Waals surface area contributed by atoms with Gasteiger partial charge in [-0.05, 0) is 34.5 Å². The molecule has 2 aliphatic rings. The molecule has 0 radical (unpaired) electrons. The Morgan fingerprint density at radius 3 is 2.03 bits per heavy atom. The number of para-hydroxylation sites is 1.